The maximum absolute atomic E-state index is 11.2. The van der Waals surface area contributed by atoms with Gasteiger partial charge < -0.3 is 10.1 Å². The van der Waals surface area contributed by atoms with Gasteiger partial charge >= 0.3 is 0 Å². The molecule has 41 heavy (non-hydrogen) atoms. The molecule has 1 aromatic heterocycles. The monoisotopic (exact) mass is 725 g/mol. The van der Waals surface area contributed by atoms with Crippen LogP contribution in [0.25, 0.3) is 44.3 Å². The number of aliphatic hydroxyl groups is 1. The first-order chi connectivity index (χ1) is 19.0. The molecule has 4 aromatic rings. The number of pyridine rings is 1. The van der Waals surface area contributed by atoms with Crippen LogP contribution in [-0.4, -0.2) is 15.9 Å². The van der Waals surface area contributed by atoms with Gasteiger partial charge in [-0.2, -0.15) is 0 Å². The van der Waals surface area contributed by atoms with Gasteiger partial charge in [-0.15, -0.1) is 29.3 Å². The van der Waals surface area contributed by atoms with Crippen molar-refractivity contribution in [3.63, 3.8) is 0 Å². The van der Waals surface area contributed by atoms with E-state index in [-0.39, 0.29) is 31.6 Å². The van der Waals surface area contributed by atoms with Crippen LogP contribution in [-0.2, 0) is 31.3 Å². The van der Waals surface area contributed by atoms with Crippen molar-refractivity contribution < 1.29 is 30.0 Å². The van der Waals surface area contributed by atoms with E-state index >= 15 is 0 Å². The first-order valence-corrected chi connectivity index (χ1v) is 14.5. The summed E-state index contributed by atoms with van der Waals surface area (Å²) >= 11 is 0. The van der Waals surface area contributed by atoms with Gasteiger partial charge in [-0.05, 0) is 58.0 Å². The van der Waals surface area contributed by atoms with Gasteiger partial charge in [0.25, 0.3) is 0 Å². The Morgan fingerprint density at radius 1 is 0.878 bits per heavy atom. The Balaban J connectivity index is 0.000000284. The zero-order valence-electron chi connectivity index (χ0n) is 25.3. The van der Waals surface area contributed by atoms with Gasteiger partial charge in [0.05, 0.1) is 5.76 Å². The van der Waals surface area contributed by atoms with E-state index < -0.39 is 0 Å². The van der Waals surface area contributed by atoms with Gasteiger partial charge in [-0.1, -0.05) is 101 Å². The molecule has 0 saturated carbocycles. The number of fused-ring (bicyclic) bond motifs is 5. The molecule has 0 atom stereocenters. The fourth-order valence-corrected chi connectivity index (χ4v) is 5.49. The molecule has 217 valence electrons. The van der Waals surface area contributed by atoms with Crippen molar-refractivity contribution in [3.05, 3.63) is 89.8 Å². The second kappa shape index (κ2) is 14.2. The molecule has 1 aliphatic carbocycles. The molecule has 0 fully saturated rings. The van der Waals surface area contributed by atoms with E-state index in [1.165, 1.54) is 50.2 Å². The largest absolute Gasteiger partial charge is 0.512 e. The van der Waals surface area contributed by atoms with E-state index in [9.17, 15) is 9.90 Å². The number of carbonyl (C=O) groups excluding carboxylic acids is 1. The third kappa shape index (κ3) is 8.03. The van der Waals surface area contributed by atoms with Gasteiger partial charge in [0.2, 0.25) is 0 Å². The number of ketones is 1. The smallest absolute Gasteiger partial charge is 0.159 e. The molecule has 4 heteroatoms. The first kappa shape index (κ1) is 32.4. The molecule has 0 aliphatic heterocycles. The Morgan fingerprint density at radius 2 is 1.54 bits per heavy atom. The number of allylic oxidation sites excluding steroid dienone is 2. The molecule has 0 unspecified atom stereocenters. The Hall–Kier alpha value is -3.07. The quantitative estimate of drug-likeness (QED) is 0.103. The van der Waals surface area contributed by atoms with Crippen LogP contribution in [0.3, 0.4) is 0 Å². The van der Waals surface area contributed by atoms with Crippen molar-refractivity contribution in [2.45, 2.75) is 67.7 Å². The van der Waals surface area contributed by atoms with Crippen LogP contribution >= 0.6 is 0 Å². The molecule has 0 spiro atoms. The Bertz CT molecular complexity index is 1550. The summed E-state index contributed by atoms with van der Waals surface area (Å²) in [5, 5.41) is 11.8. The second-order valence-corrected chi connectivity index (χ2v) is 12.3. The average molecular weight is 725 g/mol. The topological polar surface area (TPSA) is 50.2 Å². The van der Waals surface area contributed by atoms with Crippen molar-refractivity contribution in [2.24, 2.45) is 17.8 Å². The summed E-state index contributed by atoms with van der Waals surface area (Å²) in [7, 11) is 0. The number of hydrogen-bond acceptors (Lipinski definition) is 3. The molecule has 5 rings (SSSR count). The molecule has 0 saturated heterocycles. The molecule has 3 nitrogen and oxygen atoms in total. The number of aliphatic hydroxyl groups excluding tert-OH is 1. The summed E-state index contributed by atoms with van der Waals surface area (Å²) in [5.74, 6) is 1.60. The minimum absolute atomic E-state index is 0. The minimum atomic E-state index is 0. The summed E-state index contributed by atoms with van der Waals surface area (Å²) in [6, 6.07) is 23.5. The minimum Gasteiger partial charge on any atom is -0.512 e. The zero-order chi connectivity index (χ0) is 29.0. The third-order valence-electron chi connectivity index (χ3n) is 6.95. The number of rotatable bonds is 7. The van der Waals surface area contributed by atoms with E-state index in [0.29, 0.717) is 30.6 Å². The first-order valence-electron chi connectivity index (χ1n) is 14.5. The van der Waals surface area contributed by atoms with Gasteiger partial charge in [0.15, 0.2) is 5.78 Å². The number of aryl methyl sites for hydroxylation is 1. The fourth-order valence-electron chi connectivity index (χ4n) is 5.49. The molecule has 0 bridgehead atoms. The van der Waals surface area contributed by atoms with E-state index in [4.69, 9.17) is 4.98 Å². The van der Waals surface area contributed by atoms with Gasteiger partial charge in [0, 0.05) is 45.2 Å². The van der Waals surface area contributed by atoms with E-state index in [2.05, 4.69) is 81.4 Å². The normalized spacial score (nSPS) is 11.9. The number of aromatic nitrogens is 1. The number of benzene rings is 3. The zero-order valence-corrected chi connectivity index (χ0v) is 27.7. The molecule has 1 aliphatic rings. The molecule has 1 heterocycles. The van der Waals surface area contributed by atoms with Gasteiger partial charge in [-0.3, -0.25) is 4.79 Å². The molecular formula is C37H42IrNO2-. The van der Waals surface area contributed by atoms with Crippen LogP contribution in [0, 0.1) is 30.7 Å². The molecule has 1 radical (unpaired) electrons. The predicted molar refractivity (Wildman–Crippen MR) is 168 cm³/mol. The van der Waals surface area contributed by atoms with Crippen molar-refractivity contribution in [2.75, 3.05) is 0 Å². The Kier molecular flexibility index (Phi) is 11.2. The van der Waals surface area contributed by atoms with E-state index in [1.54, 1.807) is 0 Å². The molecular weight excluding hydrogens is 683 g/mol. The number of carbonyl (C=O) groups is 1. The Morgan fingerprint density at radius 3 is 2.17 bits per heavy atom. The van der Waals surface area contributed by atoms with Crippen LogP contribution in [0.15, 0.2) is 72.6 Å². The van der Waals surface area contributed by atoms with E-state index in [0.717, 1.165) is 17.7 Å². The van der Waals surface area contributed by atoms with Crippen LogP contribution in [0.4, 0.5) is 0 Å². The maximum Gasteiger partial charge on any atom is 0.159 e. The maximum atomic E-state index is 11.2. The fraction of sp³-hybridized carbons (Fsp3) is 0.351. The average Bonchev–Trinajstić information content (AvgIpc) is 2.97. The summed E-state index contributed by atoms with van der Waals surface area (Å²) < 4.78 is 0. The molecule has 1 N–H and O–H groups in total. The van der Waals surface area contributed by atoms with Gasteiger partial charge in [-0.25, -0.2) is 0 Å². The summed E-state index contributed by atoms with van der Waals surface area (Å²) in [6.45, 7) is 14.7. The van der Waals surface area contributed by atoms with Gasteiger partial charge in [0.1, 0.15) is 0 Å². The van der Waals surface area contributed by atoms with Crippen LogP contribution in [0.1, 0.15) is 65.5 Å². The summed E-state index contributed by atoms with van der Waals surface area (Å²) in [6.07, 6.45) is 5.46. The second-order valence-electron chi connectivity index (χ2n) is 12.3. The van der Waals surface area contributed by atoms with Crippen molar-refractivity contribution >= 4 is 16.6 Å². The number of hydrogen-bond donors (Lipinski definition) is 1. The van der Waals surface area contributed by atoms with Crippen molar-refractivity contribution in [1.29, 1.82) is 0 Å². The molecule has 3 aromatic carbocycles. The molecule has 0 amide bonds. The SMILES string of the molecule is CC(C)CC(=O)/C=C(\O)CC(C)C.Cc1cc2c3c(nccc3c1)-c1[c-]cc(CC(C)C)cc1-c1ccccc1-2.[Ir]. The summed E-state index contributed by atoms with van der Waals surface area (Å²) in [5.41, 5.74) is 9.87. The standard InChI is InChI=1S/C26H22N.C11H20O2.Ir/c1-16(2)12-18-8-9-22-23(15-18)20-6-4-5-7-21(20)24-14-17(3)13-19-10-11-27-26(22)25(19)24;1-8(2)5-10(12)7-11(13)6-9(3)4;/h4-8,10-11,13-16H,12H2,1-3H3;7-9,12H,5-6H2,1-4H3;/q-1;;/b;10-7-;. The van der Waals surface area contributed by atoms with Crippen LogP contribution < -0.4 is 0 Å². The van der Waals surface area contributed by atoms with Crippen molar-refractivity contribution in [1.82, 2.24) is 4.98 Å². The van der Waals surface area contributed by atoms with Crippen molar-refractivity contribution in [3.8, 4) is 33.5 Å². The van der Waals surface area contributed by atoms with E-state index in [1.807, 2.05) is 33.9 Å². The van der Waals surface area contributed by atoms with Crippen LogP contribution in [0.5, 0.6) is 0 Å². The Labute approximate surface area is 259 Å². The van der Waals surface area contributed by atoms with Crippen LogP contribution in [0.2, 0.25) is 0 Å². The third-order valence-corrected chi connectivity index (χ3v) is 6.95. The summed E-state index contributed by atoms with van der Waals surface area (Å²) in [4.78, 5) is 16.0. The number of nitrogens with zero attached hydrogens (tertiary/aromatic N) is 1. The predicted octanol–water partition coefficient (Wildman–Crippen LogP) is 9.94.